The molecule has 0 radical (unpaired) electrons. The number of anilines is 1. The van der Waals surface area contributed by atoms with E-state index in [1.54, 1.807) is 0 Å². The van der Waals surface area contributed by atoms with Crippen LogP contribution in [-0.2, 0) is 14.8 Å². The number of carboxylic acids is 1. The number of rotatable bonds is 6. The quantitative estimate of drug-likeness (QED) is 0.383. The van der Waals surface area contributed by atoms with Crippen LogP contribution in [0.2, 0.25) is 0 Å². The van der Waals surface area contributed by atoms with Crippen LogP contribution >= 0.6 is 0 Å². The van der Waals surface area contributed by atoms with Gasteiger partial charge in [0.2, 0.25) is 10.0 Å². The average molecular weight is 313 g/mol. The molecule has 21 heavy (non-hydrogen) atoms. The van der Waals surface area contributed by atoms with Crippen molar-refractivity contribution in [1.82, 2.24) is 0 Å². The lowest BCUT2D eigenvalue weighted by Gasteiger charge is -2.13. The van der Waals surface area contributed by atoms with E-state index in [1.165, 1.54) is 0 Å². The van der Waals surface area contributed by atoms with Crippen molar-refractivity contribution in [3.63, 3.8) is 0 Å². The van der Waals surface area contributed by atoms with E-state index in [4.69, 9.17) is 16.7 Å². The third kappa shape index (κ3) is 4.16. The van der Waals surface area contributed by atoms with E-state index in [1.807, 2.05) is 0 Å². The average Bonchev–Trinajstić information content (AvgIpc) is 2.36. The lowest BCUT2D eigenvalue weighted by atomic mass is 10.2. The maximum absolute atomic E-state index is 11.2. The lowest BCUT2D eigenvalue weighted by Crippen LogP contribution is -2.29. The van der Waals surface area contributed by atoms with Crippen molar-refractivity contribution in [3.05, 3.63) is 28.3 Å². The summed E-state index contributed by atoms with van der Waals surface area (Å²) in [7, 11) is -4.11. The molecule has 1 unspecified atom stereocenters. The highest BCUT2D eigenvalue weighted by molar-refractivity contribution is 7.89. The Morgan fingerprint density at radius 2 is 2.19 bits per heavy atom. The number of nitro benzene ring substituents is 1. The predicted octanol–water partition coefficient (Wildman–Crippen LogP) is 0.131. The van der Waals surface area contributed by atoms with Crippen molar-refractivity contribution in [3.8, 4) is 12.3 Å². The summed E-state index contributed by atoms with van der Waals surface area (Å²) < 4.78 is 22.3. The highest BCUT2D eigenvalue weighted by Gasteiger charge is 2.23. The van der Waals surface area contributed by atoms with Gasteiger partial charge in [-0.3, -0.25) is 10.1 Å². The number of hydrogen-bond acceptors (Lipinski definition) is 6. The third-order valence-corrected chi connectivity index (χ3v) is 3.36. The number of aliphatic carboxylic acids is 1. The van der Waals surface area contributed by atoms with Gasteiger partial charge in [-0.1, -0.05) is 0 Å². The van der Waals surface area contributed by atoms with Gasteiger partial charge in [0.15, 0.2) is 0 Å². The zero-order valence-corrected chi connectivity index (χ0v) is 11.3. The molecule has 0 bridgehead atoms. The first kappa shape index (κ1) is 16.4. The highest BCUT2D eigenvalue weighted by atomic mass is 32.2. The Morgan fingerprint density at radius 1 is 1.57 bits per heavy atom. The SMILES string of the molecule is C#CCC(Nc1ccc(S(N)(=O)=O)cc1[N+](=O)[O-])C(=O)O. The van der Waals surface area contributed by atoms with Crippen LogP contribution in [-0.4, -0.2) is 30.5 Å². The second-order valence-corrected chi connectivity index (χ2v) is 5.49. The summed E-state index contributed by atoms with van der Waals surface area (Å²) in [6.07, 6.45) is 4.81. The number of sulfonamides is 1. The normalized spacial score (nSPS) is 12.2. The van der Waals surface area contributed by atoms with Gasteiger partial charge in [-0.05, 0) is 12.1 Å². The molecule has 1 aromatic rings. The van der Waals surface area contributed by atoms with Gasteiger partial charge in [0.25, 0.3) is 5.69 Å². The van der Waals surface area contributed by atoms with Crippen LogP contribution in [0.25, 0.3) is 0 Å². The molecule has 0 saturated carbocycles. The van der Waals surface area contributed by atoms with Gasteiger partial charge in [-0.25, -0.2) is 18.4 Å². The maximum Gasteiger partial charge on any atom is 0.327 e. The molecule has 0 aliphatic carbocycles. The van der Waals surface area contributed by atoms with Gasteiger partial charge < -0.3 is 10.4 Å². The molecule has 9 nitrogen and oxygen atoms in total. The number of carbonyl (C=O) groups is 1. The van der Waals surface area contributed by atoms with Crippen molar-refractivity contribution in [2.75, 3.05) is 5.32 Å². The van der Waals surface area contributed by atoms with Crippen molar-refractivity contribution >= 4 is 27.4 Å². The number of hydrogen-bond donors (Lipinski definition) is 3. The zero-order valence-electron chi connectivity index (χ0n) is 10.5. The number of terminal acetylenes is 1. The third-order valence-electron chi connectivity index (χ3n) is 2.44. The minimum atomic E-state index is -4.11. The Hall–Kier alpha value is -2.64. The summed E-state index contributed by atoms with van der Waals surface area (Å²) in [6.45, 7) is 0. The fourth-order valence-corrected chi connectivity index (χ4v) is 2.00. The number of nitrogens with one attached hydrogen (secondary N) is 1. The standard InChI is InChI=1S/C11H11N3O6S/c1-2-3-9(11(15)16)13-8-5-4-7(21(12,19)20)6-10(8)14(17)18/h1,4-6,9,13H,3H2,(H,15,16)(H2,12,19,20). The Kier molecular flexibility index (Phi) is 4.85. The van der Waals surface area contributed by atoms with Crippen LogP contribution in [0.15, 0.2) is 23.1 Å². The summed E-state index contributed by atoms with van der Waals surface area (Å²) in [5, 5.41) is 27.2. The molecule has 1 aromatic carbocycles. The largest absolute Gasteiger partial charge is 0.480 e. The maximum atomic E-state index is 11.2. The van der Waals surface area contributed by atoms with Gasteiger partial charge >= 0.3 is 5.97 Å². The summed E-state index contributed by atoms with van der Waals surface area (Å²) in [6, 6.07) is 1.59. The molecular weight excluding hydrogens is 302 g/mol. The molecule has 10 heteroatoms. The molecule has 1 atom stereocenters. The minimum Gasteiger partial charge on any atom is -0.480 e. The predicted molar refractivity (Wildman–Crippen MR) is 73.0 cm³/mol. The Morgan fingerprint density at radius 3 is 2.62 bits per heavy atom. The Balaban J connectivity index is 3.28. The van der Waals surface area contributed by atoms with Crippen molar-refractivity contribution in [2.45, 2.75) is 17.4 Å². The molecule has 0 heterocycles. The number of carboxylic acid groups (broad SMARTS) is 1. The summed E-state index contributed by atoms with van der Waals surface area (Å²) in [5.74, 6) is 0.831. The van der Waals surface area contributed by atoms with Gasteiger partial charge in [-0.2, -0.15) is 0 Å². The lowest BCUT2D eigenvalue weighted by molar-refractivity contribution is -0.384. The molecule has 0 saturated heterocycles. The van der Waals surface area contributed by atoms with E-state index in [9.17, 15) is 23.3 Å². The molecule has 0 spiro atoms. The molecule has 4 N–H and O–H groups in total. The summed E-state index contributed by atoms with van der Waals surface area (Å²) >= 11 is 0. The first-order valence-electron chi connectivity index (χ1n) is 5.41. The first-order valence-corrected chi connectivity index (χ1v) is 6.95. The molecular formula is C11H11N3O6S. The van der Waals surface area contributed by atoms with Gasteiger partial charge in [0.05, 0.1) is 9.82 Å². The smallest absolute Gasteiger partial charge is 0.327 e. The molecule has 0 aromatic heterocycles. The monoisotopic (exact) mass is 313 g/mol. The van der Waals surface area contributed by atoms with Gasteiger partial charge in [0.1, 0.15) is 11.7 Å². The van der Waals surface area contributed by atoms with E-state index in [0.29, 0.717) is 0 Å². The first-order chi connectivity index (χ1) is 9.66. The topological polar surface area (TPSA) is 153 Å². The van der Waals surface area contributed by atoms with Crippen LogP contribution in [0.3, 0.4) is 0 Å². The number of nitro groups is 1. The molecule has 0 aliphatic heterocycles. The van der Waals surface area contributed by atoms with E-state index >= 15 is 0 Å². The Labute approximate surface area is 120 Å². The van der Waals surface area contributed by atoms with E-state index in [-0.39, 0.29) is 12.1 Å². The van der Waals surface area contributed by atoms with Crippen LogP contribution in [0.1, 0.15) is 6.42 Å². The zero-order chi connectivity index (χ0) is 16.2. The number of nitrogens with two attached hydrogens (primary N) is 1. The van der Waals surface area contributed by atoms with E-state index in [2.05, 4.69) is 11.2 Å². The van der Waals surface area contributed by atoms with E-state index in [0.717, 1.165) is 18.2 Å². The van der Waals surface area contributed by atoms with Crippen LogP contribution in [0, 0.1) is 22.5 Å². The molecule has 0 aliphatic rings. The summed E-state index contributed by atoms with van der Waals surface area (Å²) in [5.41, 5.74) is -0.792. The molecule has 112 valence electrons. The second kappa shape index (κ2) is 6.21. The van der Waals surface area contributed by atoms with E-state index < -0.39 is 37.5 Å². The Bertz CT molecular complexity index is 722. The van der Waals surface area contributed by atoms with Crippen molar-refractivity contribution in [1.29, 1.82) is 0 Å². The van der Waals surface area contributed by atoms with Gasteiger partial charge in [-0.15, -0.1) is 12.3 Å². The van der Waals surface area contributed by atoms with Crippen molar-refractivity contribution < 1.29 is 23.2 Å². The number of primary sulfonamides is 1. The van der Waals surface area contributed by atoms with Crippen molar-refractivity contribution in [2.24, 2.45) is 5.14 Å². The fourth-order valence-electron chi connectivity index (χ4n) is 1.47. The molecule has 0 fully saturated rings. The number of benzene rings is 1. The molecule has 0 amide bonds. The number of nitrogens with zero attached hydrogens (tertiary/aromatic N) is 1. The van der Waals surface area contributed by atoms with Crippen LogP contribution in [0.4, 0.5) is 11.4 Å². The van der Waals surface area contributed by atoms with Crippen LogP contribution in [0.5, 0.6) is 0 Å². The molecule has 1 rings (SSSR count). The van der Waals surface area contributed by atoms with Gasteiger partial charge in [0, 0.05) is 12.5 Å². The second-order valence-electron chi connectivity index (χ2n) is 3.92. The summed E-state index contributed by atoms with van der Waals surface area (Å²) in [4.78, 5) is 20.6. The minimum absolute atomic E-state index is 0.171. The fraction of sp³-hybridized carbons (Fsp3) is 0.182. The van der Waals surface area contributed by atoms with Crippen LogP contribution < -0.4 is 10.5 Å². The highest BCUT2D eigenvalue weighted by Crippen LogP contribution is 2.28.